The number of carbonyl (C=O) groups is 1. The summed E-state index contributed by atoms with van der Waals surface area (Å²) in [6.07, 6.45) is 1.92. The highest BCUT2D eigenvalue weighted by atomic mass is 32.2. The van der Waals surface area contributed by atoms with E-state index in [4.69, 9.17) is 0 Å². The quantitative estimate of drug-likeness (QED) is 0.912. The number of hydrogen-bond donors (Lipinski definition) is 1. The number of carbonyl (C=O) groups excluding carboxylic acids is 1. The van der Waals surface area contributed by atoms with E-state index in [9.17, 15) is 17.6 Å². The van der Waals surface area contributed by atoms with Gasteiger partial charge in [0.15, 0.2) is 0 Å². The lowest BCUT2D eigenvalue weighted by Crippen LogP contribution is -2.31. The number of amides is 1. The minimum Gasteiger partial charge on any atom is -0.374 e. The average Bonchev–Trinajstić information content (AvgIpc) is 2.57. The van der Waals surface area contributed by atoms with Crippen LogP contribution < -0.4 is 9.62 Å². The van der Waals surface area contributed by atoms with E-state index in [0.29, 0.717) is 5.56 Å². The Morgan fingerprint density at radius 2 is 1.96 bits per heavy atom. The third-order valence-corrected chi connectivity index (χ3v) is 5.71. The molecular weight excluding hydrogens is 343 g/mol. The van der Waals surface area contributed by atoms with Crippen molar-refractivity contribution >= 4 is 21.6 Å². The lowest BCUT2D eigenvalue weighted by molar-refractivity contribution is 0.0981. The number of benzene rings is 2. The van der Waals surface area contributed by atoms with Gasteiger partial charge in [-0.05, 0) is 55.2 Å². The highest BCUT2D eigenvalue weighted by molar-refractivity contribution is 7.90. The van der Waals surface area contributed by atoms with Crippen molar-refractivity contribution in [2.45, 2.75) is 24.7 Å². The van der Waals surface area contributed by atoms with Crippen molar-refractivity contribution in [1.29, 1.82) is 0 Å². The lowest BCUT2D eigenvalue weighted by Gasteiger charge is -2.27. The minimum absolute atomic E-state index is 0.0148. The topological polar surface area (TPSA) is 66.5 Å². The monoisotopic (exact) mass is 362 g/mol. The first-order valence-corrected chi connectivity index (χ1v) is 9.43. The molecule has 0 unspecified atom stereocenters. The van der Waals surface area contributed by atoms with Crippen molar-refractivity contribution in [3.05, 3.63) is 58.9 Å². The normalized spacial score (nSPS) is 14.1. The smallest absolute Gasteiger partial charge is 0.265 e. The number of nitrogens with one attached hydrogen (secondary N) is 1. The standard InChI is InChI=1S/C18H19FN2O3S/c1-12-5-6-14(10-16(12)19)18(22)20-25(23,24)15-8-7-13-4-3-9-21(2)17(13)11-15/h5-8,10-11H,3-4,9H2,1-2H3,(H,20,22). The number of aryl methyl sites for hydroxylation is 2. The summed E-state index contributed by atoms with van der Waals surface area (Å²) in [5, 5.41) is 0. The average molecular weight is 362 g/mol. The third-order valence-electron chi connectivity index (χ3n) is 4.38. The van der Waals surface area contributed by atoms with Crippen molar-refractivity contribution in [3.63, 3.8) is 0 Å². The van der Waals surface area contributed by atoms with Gasteiger partial charge in [-0.1, -0.05) is 12.1 Å². The molecule has 0 spiro atoms. The SMILES string of the molecule is Cc1ccc(C(=O)NS(=O)(=O)c2ccc3c(c2)N(C)CCC3)cc1F. The van der Waals surface area contributed by atoms with Gasteiger partial charge < -0.3 is 4.90 Å². The second-order valence-corrected chi connectivity index (χ2v) is 7.90. The Kier molecular flexibility index (Phi) is 4.51. The number of hydrogen-bond acceptors (Lipinski definition) is 4. The molecule has 7 heteroatoms. The van der Waals surface area contributed by atoms with E-state index in [0.717, 1.165) is 36.7 Å². The van der Waals surface area contributed by atoms with E-state index < -0.39 is 21.7 Å². The zero-order valence-corrected chi connectivity index (χ0v) is 14.9. The Bertz CT molecular complexity index is 941. The van der Waals surface area contributed by atoms with Gasteiger partial charge in [-0.15, -0.1) is 0 Å². The van der Waals surface area contributed by atoms with E-state index in [1.807, 2.05) is 16.7 Å². The van der Waals surface area contributed by atoms with Crippen LogP contribution in [0.1, 0.15) is 27.9 Å². The van der Waals surface area contributed by atoms with Crippen LogP contribution in [0.5, 0.6) is 0 Å². The Hall–Kier alpha value is -2.41. The molecule has 1 amide bonds. The molecule has 0 radical (unpaired) electrons. The number of nitrogens with zero attached hydrogens (tertiary/aromatic N) is 1. The number of rotatable bonds is 3. The molecule has 0 saturated heterocycles. The van der Waals surface area contributed by atoms with Gasteiger partial charge in [0, 0.05) is 24.8 Å². The van der Waals surface area contributed by atoms with Gasteiger partial charge in [-0.3, -0.25) is 4.79 Å². The Balaban J connectivity index is 1.88. The molecule has 25 heavy (non-hydrogen) atoms. The van der Waals surface area contributed by atoms with Crippen LogP contribution in [0, 0.1) is 12.7 Å². The fraction of sp³-hybridized carbons (Fsp3) is 0.278. The highest BCUT2D eigenvalue weighted by Crippen LogP contribution is 2.28. The van der Waals surface area contributed by atoms with E-state index >= 15 is 0 Å². The van der Waals surface area contributed by atoms with Crippen LogP contribution in [0.2, 0.25) is 0 Å². The van der Waals surface area contributed by atoms with Crippen molar-refractivity contribution < 1.29 is 17.6 Å². The van der Waals surface area contributed by atoms with Crippen LogP contribution in [-0.4, -0.2) is 27.9 Å². The maximum atomic E-state index is 13.6. The zero-order chi connectivity index (χ0) is 18.2. The van der Waals surface area contributed by atoms with Crippen molar-refractivity contribution in [2.75, 3.05) is 18.5 Å². The molecule has 2 aromatic rings. The van der Waals surface area contributed by atoms with Crippen molar-refractivity contribution in [2.24, 2.45) is 0 Å². The molecule has 0 atom stereocenters. The second kappa shape index (κ2) is 6.48. The van der Waals surface area contributed by atoms with E-state index in [1.165, 1.54) is 18.2 Å². The summed E-state index contributed by atoms with van der Waals surface area (Å²) < 4.78 is 40.6. The fourth-order valence-electron chi connectivity index (χ4n) is 2.88. The zero-order valence-electron chi connectivity index (χ0n) is 14.0. The number of halogens is 1. The van der Waals surface area contributed by atoms with Gasteiger partial charge in [0.2, 0.25) is 0 Å². The molecule has 0 aliphatic carbocycles. The summed E-state index contributed by atoms with van der Waals surface area (Å²) in [4.78, 5) is 14.2. The molecule has 132 valence electrons. The lowest BCUT2D eigenvalue weighted by atomic mass is 10.0. The fourth-order valence-corrected chi connectivity index (χ4v) is 3.87. The van der Waals surface area contributed by atoms with Crippen LogP contribution in [0.3, 0.4) is 0 Å². The molecule has 3 rings (SSSR count). The van der Waals surface area contributed by atoms with Gasteiger partial charge in [0.05, 0.1) is 4.90 Å². The Morgan fingerprint density at radius 1 is 1.20 bits per heavy atom. The summed E-state index contributed by atoms with van der Waals surface area (Å²) in [6.45, 7) is 2.42. The Labute approximate surface area is 146 Å². The van der Waals surface area contributed by atoms with Crippen molar-refractivity contribution in [1.82, 2.24) is 4.72 Å². The molecule has 1 aliphatic rings. The van der Waals surface area contributed by atoms with E-state index in [1.54, 1.807) is 19.1 Å². The molecule has 0 saturated carbocycles. The van der Waals surface area contributed by atoms with Crippen LogP contribution in [0.25, 0.3) is 0 Å². The molecule has 0 fully saturated rings. The molecule has 1 aliphatic heterocycles. The Morgan fingerprint density at radius 3 is 2.68 bits per heavy atom. The molecule has 0 aromatic heterocycles. The van der Waals surface area contributed by atoms with Crippen LogP contribution in [0.4, 0.5) is 10.1 Å². The summed E-state index contributed by atoms with van der Waals surface area (Å²) in [5.74, 6) is -1.41. The summed E-state index contributed by atoms with van der Waals surface area (Å²) in [7, 11) is -2.13. The van der Waals surface area contributed by atoms with Crippen LogP contribution in [-0.2, 0) is 16.4 Å². The van der Waals surface area contributed by atoms with E-state index in [2.05, 4.69) is 0 Å². The van der Waals surface area contributed by atoms with Gasteiger partial charge >= 0.3 is 0 Å². The first-order chi connectivity index (χ1) is 11.8. The summed E-state index contributed by atoms with van der Waals surface area (Å²) >= 11 is 0. The number of fused-ring (bicyclic) bond motifs is 1. The number of sulfonamides is 1. The van der Waals surface area contributed by atoms with E-state index in [-0.39, 0.29) is 10.5 Å². The van der Waals surface area contributed by atoms with Gasteiger partial charge in [0.25, 0.3) is 15.9 Å². The molecule has 5 nitrogen and oxygen atoms in total. The maximum absolute atomic E-state index is 13.6. The van der Waals surface area contributed by atoms with Gasteiger partial charge in [0.1, 0.15) is 5.82 Å². The minimum atomic E-state index is -4.04. The van der Waals surface area contributed by atoms with Crippen LogP contribution in [0.15, 0.2) is 41.3 Å². The largest absolute Gasteiger partial charge is 0.374 e. The molecule has 2 aromatic carbocycles. The number of anilines is 1. The predicted molar refractivity (Wildman–Crippen MR) is 93.8 cm³/mol. The van der Waals surface area contributed by atoms with Gasteiger partial charge in [-0.25, -0.2) is 17.5 Å². The first-order valence-electron chi connectivity index (χ1n) is 7.95. The highest BCUT2D eigenvalue weighted by Gasteiger charge is 2.22. The maximum Gasteiger partial charge on any atom is 0.265 e. The van der Waals surface area contributed by atoms with Gasteiger partial charge in [-0.2, -0.15) is 0 Å². The molecule has 1 heterocycles. The predicted octanol–water partition coefficient (Wildman–Crippen LogP) is 2.64. The second-order valence-electron chi connectivity index (χ2n) is 6.21. The first kappa shape index (κ1) is 17.4. The molecule has 1 N–H and O–H groups in total. The molecular formula is C18H19FN2O3S. The van der Waals surface area contributed by atoms with Crippen LogP contribution >= 0.6 is 0 Å². The summed E-state index contributed by atoms with van der Waals surface area (Å²) in [6, 6.07) is 8.69. The summed E-state index contributed by atoms with van der Waals surface area (Å²) in [5.41, 5.74) is 2.28. The van der Waals surface area contributed by atoms with Crippen molar-refractivity contribution in [3.8, 4) is 0 Å². The third kappa shape index (κ3) is 3.51. The molecule has 0 bridgehead atoms.